The minimum Gasteiger partial charge on any atom is -0.451 e. The molecule has 0 radical (unpaired) electrons. The van der Waals surface area contributed by atoms with Gasteiger partial charge in [-0.2, -0.15) is 0 Å². The molecule has 2 aromatic rings. The molecule has 104 valence electrons. The summed E-state index contributed by atoms with van der Waals surface area (Å²) in [5.74, 6) is -0.175. The van der Waals surface area contributed by atoms with Gasteiger partial charge in [0.2, 0.25) is 0 Å². The van der Waals surface area contributed by atoms with Crippen molar-refractivity contribution in [3.63, 3.8) is 0 Å². The van der Waals surface area contributed by atoms with Gasteiger partial charge in [-0.1, -0.05) is 12.1 Å². The molecule has 1 fully saturated rings. The Bertz CT molecular complexity index is 706. The first-order valence-corrected chi connectivity index (χ1v) is 6.59. The van der Waals surface area contributed by atoms with Crippen LogP contribution in [0.2, 0.25) is 0 Å². The molecule has 1 saturated heterocycles. The number of nitrogens with zero attached hydrogens (tertiary/aromatic N) is 1. The highest BCUT2D eigenvalue weighted by atomic mass is 16.5. The summed E-state index contributed by atoms with van der Waals surface area (Å²) in [5, 5.41) is 0.486. The fourth-order valence-corrected chi connectivity index (χ4v) is 2.37. The number of hydrogen-bond donors (Lipinski definition) is 0. The average molecular weight is 273 g/mol. The number of carbonyl (C=O) groups is 1. The van der Waals surface area contributed by atoms with Crippen LogP contribution in [0, 0.1) is 0 Å². The van der Waals surface area contributed by atoms with E-state index in [1.165, 1.54) is 6.07 Å². The van der Waals surface area contributed by atoms with Crippen molar-refractivity contribution in [3.8, 4) is 0 Å². The summed E-state index contributed by atoms with van der Waals surface area (Å²) in [6, 6.07) is 8.19. The van der Waals surface area contributed by atoms with E-state index >= 15 is 0 Å². The lowest BCUT2D eigenvalue weighted by Crippen LogP contribution is -2.44. The van der Waals surface area contributed by atoms with E-state index in [-0.39, 0.29) is 23.2 Å². The molecule has 1 aromatic carbocycles. The van der Waals surface area contributed by atoms with Crippen LogP contribution in [0.15, 0.2) is 39.5 Å². The molecule has 1 aromatic heterocycles. The molecule has 3 rings (SSSR count). The van der Waals surface area contributed by atoms with Gasteiger partial charge in [0.05, 0.1) is 18.1 Å². The summed E-state index contributed by atoms with van der Waals surface area (Å²) in [7, 11) is 0. The van der Waals surface area contributed by atoms with E-state index in [0.29, 0.717) is 30.7 Å². The van der Waals surface area contributed by atoms with Crippen molar-refractivity contribution >= 4 is 16.9 Å². The zero-order valence-electron chi connectivity index (χ0n) is 11.2. The summed E-state index contributed by atoms with van der Waals surface area (Å²) in [6.45, 7) is 3.44. The molecule has 0 unspecified atom stereocenters. The number of amides is 1. The Hall–Kier alpha value is -2.14. The molecular formula is C15H15NO4. The van der Waals surface area contributed by atoms with Gasteiger partial charge in [0.1, 0.15) is 5.58 Å². The first-order valence-electron chi connectivity index (χ1n) is 6.59. The van der Waals surface area contributed by atoms with Crippen LogP contribution in [0.25, 0.3) is 11.0 Å². The van der Waals surface area contributed by atoms with Crippen LogP contribution in [-0.2, 0) is 4.74 Å². The first kappa shape index (κ1) is 12.9. The van der Waals surface area contributed by atoms with Crippen molar-refractivity contribution in [1.82, 2.24) is 4.90 Å². The van der Waals surface area contributed by atoms with Crippen molar-refractivity contribution in [3.05, 3.63) is 46.3 Å². The van der Waals surface area contributed by atoms with Crippen LogP contribution < -0.4 is 5.43 Å². The second-order valence-electron chi connectivity index (χ2n) is 4.90. The molecule has 1 aliphatic rings. The summed E-state index contributed by atoms with van der Waals surface area (Å²) >= 11 is 0. The van der Waals surface area contributed by atoms with Gasteiger partial charge >= 0.3 is 0 Å². The Balaban J connectivity index is 1.97. The first-order chi connectivity index (χ1) is 9.65. The molecule has 1 atom stereocenters. The van der Waals surface area contributed by atoms with Crippen molar-refractivity contribution in [2.45, 2.75) is 13.0 Å². The number of carbonyl (C=O) groups excluding carboxylic acids is 1. The van der Waals surface area contributed by atoms with Crippen LogP contribution in [0.4, 0.5) is 0 Å². The minimum absolute atomic E-state index is 0.000113. The Morgan fingerprint density at radius 3 is 2.95 bits per heavy atom. The molecule has 0 aliphatic carbocycles. The van der Waals surface area contributed by atoms with E-state index in [2.05, 4.69) is 0 Å². The second-order valence-corrected chi connectivity index (χ2v) is 4.90. The lowest BCUT2D eigenvalue weighted by Gasteiger charge is -2.30. The molecule has 1 amide bonds. The topological polar surface area (TPSA) is 59.8 Å². The van der Waals surface area contributed by atoms with Crippen molar-refractivity contribution in [2.24, 2.45) is 0 Å². The van der Waals surface area contributed by atoms with Crippen molar-refractivity contribution in [2.75, 3.05) is 19.7 Å². The number of para-hydroxylation sites is 1. The average Bonchev–Trinajstić information content (AvgIpc) is 2.46. The smallest absolute Gasteiger partial charge is 0.289 e. The molecule has 0 bridgehead atoms. The number of fused-ring (bicyclic) bond motifs is 1. The van der Waals surface area contributed by atoms with Gasteiger partial charge in [0.25, 0.3) is 5.91 Å². The monoisotopic (exact) mass is 273 g/mol. The summed E-state index contributed by atoms with van der Waals surface area (Å²) in [6.07, 6.45) is -0.000113. The Labute approximate surface area is 115 Å². The number of benzene rings is 1. The third-order valence-electron chi connectivity index (χ3n) is 3.37. The molecule has 2 heterocycles. The number of ether oxygens (including phenoxy) is 1. The Kier molecular flexibility index (Phi) is 3.28. The molecule has 0 saturated carbocycles. The Morgan fingerprint density at radius 1 is 1.35 bits per heavy atom. The molecule has 0 N–H and O–H groups in total. The predicted molar refractivity (Wildman–Crippen MR) is 73.8 cm³/mol. The van der Waals surface area contributed by atoms with E-state index < -0.39 is 0 Å². The standard InChI is InChI=1S/C15H15NO4/c1-10-9-16(6-7-19-10)15(18)14-8-12(17)11-4-2-3-5-13(11)20-14/h2-5,8,10H,6-7,9H2,1H3/t10-/m0/s1. The summed E-state index contributed by atoms with van der Waals surface area (Å²) in [4.78, 5) is 26.0. The van der Waals surface area contributed by atoms with Gasteiger partial charge in [-0.15, -0.1) is 0 Å². The highest BCUT2D eigenvalue weighted by molar-refractivity contribution is 5.93. The third kappa shape index (κ3) is 2.32. The molecule has 0 spiro atoms. The Morgan fingerprint density at radius 2 is 2.15 bits per heavy atom. The maximum Gasteiger partial charge on any atom is 0.289 e. The van der Waals surface area contributed by atoms with Crippen LogP contribution in [0.3, 0.4) is 0 Å². The van der Waals surface area contributed by atoms with Gasteiger partial charge in [-0.25, -0.2) is 0 Å². The summed E-state index contributed by atoms with van der Waals surface area (Å²) in [5.41, 5.74) is 0.237. The highest BCUT2D eigenvalue weighted by Crippen LogP contribution is 2.15. The molecule has 20 heavy (non-hydrogen) atoms. The van der Waals surface area contributed by atoms with Gasteiger partial charge in [0, 0.05) is 19.2 Å². The number of morpholine rings is 1. The van der Waals surface area contributed by atoms with Crippen LogP contribution in [-0.4, -0.2) is 36.6 Å². The van der Waals surface area contributed by atoms with Crippen molar-refractivity contribution < 1.29 is 13.9 Å². The third-order valence-corrected chi connectivity index (χ3v) is 3.37. The fourth-order valence-electron chi connectivity index (χ4n) is 2.37. The van der Waals surface area contributed by atoms with Crippen LogP contribution in [0.5, 0.6) is 0 Å². The van der Waals surface area contributed by atoms with Crippen LogP contribution in [0.1, 0.15) is 17.5 Å². The predicted octanol–water partition coefficient (Wildman–Crippen LogP) is 1.65. The normalized spacial score (nSPS) is 19.2. The lowest BCUT2D eigenvalue weighted by molar-refractivity contribution is -0.0134. The second kappa shape index (κ2) is 5.09. The maximum atomic E-state index is 12.4. The number of rotatable bonds is 1. The van der Waals surface area contributed by atoms with E-state index in [0.717, 1.165) is 0 Å². The molecule has 1 aliphatic heterocycles. The maximum absolute atomic E-state index is 12.4. The molecule has 5 nitrogen and oxygen atoms in total. The van der Waals surface area contributed by atoms with Gasteiger partial charge in [-0.3, -0.25) is 9.59 Å². The quantitative estimate of drug-likeness (QED) is 0.792. The van der Waals surface area contributed by atoms with Crippen molar-refractivity contribution in [1.29, 1.82) is 0 Å². The summed E-state index contributed by atoms with van der Waals surface area (Å²) < 4.78 is 11.0. The largest absolute Gasteiger partial charge is 0.451 e. The fraction of sp³-hybridized carbons (Fsp3) is 0.333. The van der Waals surface area contributed by atoms with Crippen LogP contribution >= 0.6 is 0 Å². The lowest BCUT2D eigenvalue weighted by atomic mass is 10.2. The van der Waals surface area contributed by atoms with Gasteiger partial charge in [0.15, 0.2) is 11.2 Å². The minimum atomic E-state index is -0.261. The SMILES string of the molecule is C[C@H]1CN(C(=O)c2cc(=O)c3ccccc3o2)CCO1. The molecular weight excluding hydrogens is 258 g/mol. The zero-order valence-corrected chi connectivity index (χ0v) is 11.2. The molecule has 5 heteroatoms. The van der Waals surface area contributed by atoms with E-state index in [9.17, 15) is 9.59 Å². The van der Waals surface area contributed by atoms with Gasteiger partial charge < -0.3 is 14.1 Å². The van der Waals surface area contributed by atoms with E-state index in [4.69, 9.17) is 9.15 Å². The van der Waals surface area contributed by atoms with E-state index in [1.807, 2.05) is 6.92 Å². The van der Waals surface area contributed by atoms with Gasteiger partial charge in [-0.05, 0) is 19.1 Å². The number of hydrogen-bond acceptors (Lipinski definition) is 4. The highest BCUT2D eigenvalue weighted by Gasteiger charge is 2.24. The van der Waals surface area contributed by atoms with E-state index in [1.54, 1.807) is 29.2 Å². The zero-order chi connectivity index (χ0) is 14.1.